The lowest BCUT2D eigenvalue weighted by Gasteiger charge is -2.18. The summed E-state index contributed by atoms with van der Waals surface area (Å²) in [7, 11) is -3.46. The second-order valence-corrected chi connectivity index (χ2v) is 9.69. The Bertz CT molecular complexity index is 1290. The lowest BCUT2D eigenvalue weighted by atomic mass is 10.0. The molecule has 0 aliphatic carbocycles. The number of pyridine rings is 1. The maximum atomic E-state index is 13.0. The normalized spacial score (nSPS) is 13.3. The number of hydrogen-bond acceptors (Lipinski definition) is 6. The molecule has 2 amide bonds. The van der Waals surface area contributed by atoms with Crippen LogP contribution in [-0.4, -0.2) is 44.1 Å². The minimum atomic E-state index is -3.46. The molecule has 3 rings (SSSR count). The Kier molecular flexibility index (Phi) is 7.42. The van der Waals surface area contributed by atoms with E-state index in [2.05, 4.69) is 20.3 Å². The third-order valence-corrected chi connectivity index (χ3v) is 5.84. The molecule has 33 heavy (non-hydrogen) atoms. The number of nitrogens with one attached hydrogen (secondary N) is 3. The van der Waals surface area contributed by atoms with Crippen molar-refractivity contribution in [2.45, 2.75) is 25.9 Å². The van der Waals surface area contributed by atoms with Gasteiger partial charge in [-0.2, -0.15) is 0 Å². The van der Waals surface area contributed by atoms with Crippen LogP contribution >= 0.6 is 0 Å². The lowest BCUT2D eigenvalue weighted by molar-refractivity contribution is -0.117. The van der Waals surface area contributed by atoms with Crippen molar-refractivity contribution < 1.29 is 18.0 Å². The minimum absolute atomic E-state index is 0.235. The third-order valence-electron chi connectivity index (χ3n) is 5.15. The quantitative estimate of drug-likeness (QED) is 0.396. The van der Waals surface area contributed by atoms with Gasteiger partial charge in [-0.3, -0.25) is 14.6 Å². The highest BCUT2D eigenvalue weighted by atomic mass is 32.2. The topological polar surface area (TPSA) is 143 Å². The Morgan fingerprint density at radius 1 is 1.12 bits per heavy atom. The molecular weight excluding hydrogens is 442 g/mol. The number of aryl methyl sites for hydroxylation is 1. The summed E-state index contributed by atoms with van der Waals surface area (Å²) in [5.41, 5.74) is 9.07. The van der Waals surface area contributed by atoms with Crippen molar-refractivity contribution in [1.82, 2.24) is 15.0 Å². The van der Waals surface area contributed by atoms with Crippen molar-refractivity contribution in [3.05, 3.63) is 71.4 Å². The summed E-state index contributed by atoms with van der Waals surface area (Å²) >= 11 is 0. The summed E-state index contributed by atoms with van der Waals surface area (Å²) in [4.78, 5) is 29.7. The van der Waals surface area contributed by atoms with Crippen molar-refractivity contribution in [2.75, 3.05) is 18.1 Å². The van der Waals surface area contributed by atoms with Gasteiger partial charge in [0, 0.05) is 29.4 Å². The molecule has 0 fully saturated rings. The first-order valence-corrected chi connectivity index (χ1v) is 12.2. The van der Waals surface area contributed by atoms with E-state index < -0.39 is 22.0 Å². The van der Waals surface area contributed by atoms with Gasteiger partial charge < -0.3 is 16.4 Å². The molecule has 0 spiro atoms. The molecule has 10 heteroatoms. The standard InChI is InChI=1S/C23H27N5O4S/c1-14-9-10-16(28-23(30)20(24)13-26-33(3,31)32)12-19(14)22(29)27-15(2)17-6-4-8-21-18(17)7-5-11-25-21/h4-12,15,20,26H,13,24H2,1-3H3,(H,27,29)(H,28,30)/t15-,20+/m1/s1. The molecule has 0 aliphatic rings. The molecule has 0 saturated heterocycles. The molecule has 2 aromatic carbocycles. The highest BCUT2D eigenvalue weighted by Gasteiger charge is 2.18. The first-order valence-electron chi connectivity index (χ1n) is 10.3. The number of nitrogens with zero attached hydrogens (tertiary/aromatic N) is 1. The van der Waals surface area contributed by atoms with Crippen LogP contribution in [0.4, 0.5) is 5.69 Å². The summed E-state index contributed by atoms with van der Waals surface area (Å²) in [6.07, 6.45) is 2.71. The number of carbonyl (C=O) groups excluding carboxylic acids is 2. The van der Waals surface area contributed by atoms with Gasteiger partial charge in [0.2, 0.25) is 15.9 Å². The van der Waals surface area contributed by atoms with Gasteiger partial charge in [-0.05, 0) is 49.2 Å². The number of sulfonamides is 1. The molecular formula is C23H27N5O4S. The van der Waals surface area contributed by atoms with Gasteiger partial charge in [-0.15, -0.1) is 0 Å². The molecule has 5 N–H and O–H groups in total. The first-order chi connectivity index (χ1) is 15.5. The average molecular weight is 470 g/mol. The van der Waals surface area contributed by atoms with E-state index in [4.69, 9.17) is 5.73 Å². The molecule has 3 aromatic rings. The van der Waals surface area contributed by atoms with Crippen LogP contribution in [0.2, 0.25) is 0 Å². The van der Waals surface area contributed by atoms with Gasteiger partial charge in [-0.25, -0.2) is 13.1 Å². The fraction of sp³-hybridized carbons (Fsp3) is 0.261. The Labute approximate surface area is 192 Å². The van der Waals surface area contributed by atoms with Crippen LogP contribution in [0.3, 0.4) is 0 Å². The maximum absolute atomic E-state index is 13.0. The van der Waals surface area contributed by atoms with Gasteiger partial charge in [0.15, 0.2) is 0 Å². The zero-order valence-electron chi connectivity index (χ0n) is 18.6. The highest BCUT2D eigenvalue weighted by molar-refractivity contribution is 7.88. The van der Waals surface area contributed by atoms with Gasteiger partial charge in [0.25, 0.3) is 5.91 Å². The Morgan fingerprint density at radius 2 is 1.88 bits per heavy atom. The van der Waals surface area contributed by atoms with Gasteiger partial charge >= 0.3 is 0 Å². The van der Waals surface area contributed by atoms with Crippen molar-refractivity contribution in [3.63, 3.8) is 0 Å². The smallest absolute Gasteiger partial charge is 0.252 e. The van der Waals surface area contributed by atoms with Gasteiger partial charge in [0.1, 0.15) is 0 Å². The summed E-state index contributed by atoms with van der Waals surface area (Å²) in [6, 6.07) is 13.2. The van der Waals surface area contributed by atoms with E-state index in [1.54, 1.807) is 31.3 Å². The number of fused-ring (bicyclic) bond motifs is 1. The third kappa shape index (κ3) is 6.35. The Morgan fingerprint density at radius 3 is 2.61 bits per heavy atom. The fourth-order valence-corrected chi connectivity index (χ4v) is 3.85. The Hall–Kier alpha value is -3.34. The van der Waals surface area contributed by atoms with Crippen LogP contribution in [0.25, 0.3) is 10.9 Å². The van der Waals surface area contributed by atoms with Crippen molar-refractivity contribution in [1.29, 1.82) is 0 Å². The number of hydrogen-bond donors (Lipinski definition) is 4. The number of benzene rings is 2. The van der Waals surface area contributed by atoms with E-state index in [-0.39, 0.29) is 18.5 Å². The van der Waals surface area contributed by atoms with E-state index in [0.717, 1.165) is 28.3 Å². The summed E-state index contributed by atoms with van der Waals surface area (Å²) in [6.45, 7) is 3.46. The number of aromatic nitrogens is 1. The van der Waals surface area contributed by atoms with Crippen LogP contribution in [-0.2, 0) is 14.8 Å². The van der Waals surface area contributed by atoms with Crippen LogP contribution in [0.15, 0.2) is 54.7 Å². The van der Waals surface area contributed by atoms with E-state index >= 15 is 0 Å². The molecule has 174 valence electrons. The predicted molar refractivity (Wildman–Crippen MR) is 128 cm³/mol. The maximum Gasteiger partial charge on any atom is 0.252 e. The van der Waals surface area contributed by atoms with E-state index in [1.807, 2.05) is 37.3 Å². The molecule has 0 radical (unpaired) electrons. The number of amides is 2. The van der Waals surface area contributed by atoms with Crippen molar-refractivity contribution >= 4 is 38.4 Å². The number of anilines is 1. The first kappa shape index (κ1) is 24.3. The molecule has 9 nitrogen and oxygen atoms in total. The second kappa shape index (κ2) is 10.1. The molecule has 0 saturated carbocycles. The molecule has 0 aliphatic heterocycles. The Balaban J connectivity index is 1.73. The average Bonchev–Trinajstić information content (AvgIpc) is 2.77. The highest BCUT2D eigenvalue weighted by Crippen LogP contribution is 2.24. The van der Waals surface area contributed by atoms with Crippen molar-refractivity contribution in [3.8, 4) is 0 Å². The largest absolute Gasteiger partial charge is 0.345 e. The van der Waals surface area contributed by atoms with Crippen LogP contribution < -0.4 is 21.1 Å². The summed E-state index contributed by atoms with van der Waals surface area (Å²) < 4.78 is 24.6. The SMILES string of the molecule is Cc1ccc(NC(=O)[C@@H](N)CNS(C)(=O)=O)cc1C(=O)N[C@H](C)c1cccc2ncccc12. The van der Waals surface area contributed by atoms with Crippen molar-refractivity contribution in [2.24, 2.45) is 5.73 Å². The zero-order chi connectivity index (χ0) is 24.2. The minimum Gasteiger partial charge on any atom is -0.345 e. The van der Waals surface area contributed by atoms with Crippen LogP contribution in [0.5, 0.6) is 0 Å². The fourth-order valence-electron chi connectivity index (χ4n) is 3.37. The number of rotatable bonds is 8. The number of nitrogens with two attached hydrogens (primary N) is 1. The monoisotopic (exact) mass is 469 g/mol. The van der Waals surface area contributed by atoms with Crippen LogP contribution in [0, 0.1) is 6.92 Å². The molecule has 2 atom stereocenters. The van der Waals surface area contributed by atoms with E-state index in [1.165, 1.54) is 0 Å². The summed E-state index contributed by atoms with van der Waals surface area (Å²) in [5, 5.41) is 6.59. The molecule has 1 heterocycles. The van der Waals surface area contributed by atoms with Crippen LogP contribution in [0.1, 0.15) is 34.5 Å². The molecule has 0 unspecified atom stereocenters. The predicted octanol–water partition coefficient (Wildman–Crippen LogP) is 1.85. The second-order valence-electron chi connectivity index (χ2n) is 7.86. The zero-order valence-corrected chi connectivity index (χ0v) is 19.4. The van der Waals surface area contributed by atoms with Gasteiger partial charge in [-0.1, -0.05) is 24.3 Å². The number of carbonyl (C=O) groups is 2. The van der Waals surface area contributed by atoms with E-state index in [0.29, 0.717) is 11.3 Å². The molecule has 0 bridgehead atoms. The van der Waals surface area contributed by atoms with Gasteiger partial charge in [0.05, 0.1) is 23.9 Å². The van der Waals surface area contributed by atoms with E-state index in [9.17, 15) is 18.0 Å². The lowest BCUT2D eigenvalue weighted by Crippen LogP contribution is -2.45. The summed E-state index contributed by atoms with van der Waals surface area (Å²) in [5.74, 6) is -0.863. The molecule has 1 aromatic heterocycles.